The lowest BCUT2D eigenvalue weighted by atomic mass is 10.2. The maximum Gasteiger partial charge on any atom is 0.269 e. The van der Waals surface area contributed by atoms with Crippen LogP contribution in [0.4, 0.5) is 0 Å². The van der Waals surface area contributed by atoms with Crippen LogP contribution < -0.4 is 10.9 Å². The Morgan fingerprint density at radius 3 is 2.58 bits per heavy atom. The summed E-state index contributed by atoms with van der Waals surface area (Å²) in [6, 6.07) is 15.1. The normalized spacial score (nSPS) is 10.3. The second kappa shape index (κ2) is 7.93. The third kappa shape index (κ3) is 4.44. The highest BCUT2D eigenvalue weighted by Gasteiger charge is 2.11. The number of aromatic nitrogens is 2. The van der Waals surface area contributed by atoms with Crippen LogP contribution in [0.1, 0.15) is 22.7 Å². The van der Waals surface area contributed by atoms with Crippen LogP contribution in [0.5, 0.6) is 5.75 Å². The highest BCUT2D eigenvalue weighted by Crippen LogP contribution is 2.17. The first-order valence-corrected chi connectivity index (χ1v) is 7.88. The smallest absolute Gasteiger partial charge is 0.269 e. The molecule has 0 fully saturated rings. The summed E-state index contributed by atoms with van der Waals surface area (Å²) in [5.41, 5.74) is 5.61. The number of phenols is 1. The molecule has 0 bridgehead atoms. The molecule has 3 aromatic rings. The molecule has 8 nitrogen and oxygen atoms in total. The van der Waals surface area contributed by atoms with Crippen LogP contribution in [0.2, 0.25) is 0 Å². The fourth-order valence-corrected chi connectivity index (χ4v) is 2.18. The monoisotopic (exact) mass is 352 g/mol. The van der Waals surface area contributed by atoms with Crippen molar-refractivity contribution < 1.29 is 19.1 Å². The molecular formula is C18H16N4O4. The van der Waals surface area contributed by atoms with E-state index in [1.165, 1.54) is 24.3 Å². The van der Waals surface area contributed by atoms with Gasteiger partial charge in [0.2, 0.25) is 17.7 Å². The third-order valence-corrected chi connectivity index (χ3v) is 3.48. The van der Waals surface area contributed by atoms with Crippen molar-refractivity contribution in [1.29, 1.82) is 0 Å². The molecule has 132 valence electrons. The van der Waals surface area contributed by atoms with E-state index >= 15 is 0 Å². The highest BCUT2D eigenvalue weighted by molar-refractivity contribution is 5.95. The summed E-state index contributed by atoms with van der Waals surface area (Å²) in [5, 5.41) is 17.2. The summed E-state index contributed by atoms with van der Waals surface area (Å²) in [6.45, 7) is 0. The zero-order valence-corrected chi connectivity index (χ0v) is 13.7. The molecule has 1 heterocycles. The maximum absolute atomic E-state index is 11.9. The molecule has 26 heavy (non-hydrogen) atoms. The van der Waals surface area contributed by atoms with E-state index in [9.17, 15) is 14.7 Å². The van der Waals surface area contributed by atoms with Crippen LogP contribution in [-0.4, -0.2) is 27.1 Å². The van der Waals surface area contributed by atoms with E-state index < -0.39 is 11.8 Å². The summed E-state index contributed by atoms with van der Waals surface area (Å²) in [4.78, 5) is 23.7. The first-order valence-electron chi connectivity index (χ1n) is 7.88. The van der Waals surface area contributed by atoms with Crippen LogP contribution in [0.25, 0.3) is 11.5 Å². The quantitative estimate of drug-likeness (QED) is 0.603. The van der Waals surface area contributed by atoms with Gasteiger partial charge in [0.15, 0.2) is 0 Å². The molecule has 0 radical (unpaired) electrons. The Hall–Kier alpha value is -3.68. The first kappa shape index (κ1) is 17.2. The summed E-state index contributed by atoms with van der Waals surface area (Å²) >= 11 is 0. The van der Waals surface area contributed by atoms with Gasteiger partial charge in [0.1, 0.15) is 5.75 Å². The van der Waals surface area contributed by atoms with Crippen LogP contribution in [0, 0.1) is 0 Å². The number of benzene rings is 2. The Morgan fingerprint density at radius 1 is 1.00 bits per heavy atom. The number of phenolic OH excluding ortho intramolecular Hbond substituents is 1. The number of rotatable bonds is 5. The van der Waals surface area contributed by atoms with Gasteiger partial charge in [0.05, 0.1) is 0 Å². The Kier molecular flexibility index (Phi) is 5.23. The number of nitrogens with zero attached hydrogens (tertiary/aromatic N) is 2. The number of hydrogen-bond donors (Lipinski definition) is 3. The second-order valence-corrected chi connectivity index (χ2v) is 5.42. The van der Waals surface area contributed by atoms with Crippen molar-refractivity contribution in [2.45, 2.75) is 12.8 Å². The summed E-state index contributed by atoms with van der Waals surface area (Å²) in [6.07, 6.45) is 0.310. The average Bonchev–Trinajstić information content (AvgIpc) is 3.14. The molecule has 0 unspecified atom stereocenters. The average molecular weight is 352 g/mol. The van der Waals surface area contributed by atoms with Crippen LogP contribution >= 0.6 is 0 Å². The van der Waals surface area contributed by atoms with E-state index in [-0.39, 0.29) is 24.2 Å². The lowest BCUT2D eigenvalue weighted by Crippen LogP contribution is -2.41. The largest absolute Gasteiger partial charge is 0.508 e. The third-order valence-electron chi connectivity index (χ3n) is 3.48. The number of nitrogens with one attached hydrogen (secondary N) is 2. The molecule has 3 rings (SSSR count). The Labute approximate surface area is 148 Å². The summed E-state index contributed by atoms with van der Waals surface area (Å²) < 4.78 is 5.51. The van der Waals surface area contributed by atoms with Crippen molar-refractivity contribution in [3.8, 4) is 17.2 Å². The lowest BCUT2D eigenvalue weighted by Gasteiger charge is -2.06. The van der Waals surface area contributed by atoms with Gasteiger partial charge in [-0.3, -0.25) is 20.4 Å². The summed E-state index contributed by atoms with van der Waals surface area (Å²) in [5.74, 6) is -0.248. The predicted octanol–water partition coefficient (Wildman–Crippen LogP) is 1.84. The zero-order valence-electron chi connectivity index (χ0n) is 13.7. The molecule has 0 atom stereocenters. The molecule has 8 heteroatoms. The number of amides is 2. The fourth-order valence-electron chi connectivity index (χ4n) is 2.18. The fraction of sp³-hybridized carbons (Fsp3) is 0.111. The van der Waals surface area contributed by atoms with Crippen molar-refractivity contribution in [2.24, 2.45) is 0 Å². The van der Waals surface area contributed by atoms with Crippen molar-refractivity contribution in [1.82, 2.24) is 21.0 Å². The molecule has 0 aliphatic carbocycles. The highest BCUT2D eigenvalue weighted by atomic mass is 16.4. The maximum atomic E-state index is 11.9. The van der Waals surface area contributed by atoms with E-state index in [1.54, 1.807) is 0 Å². The van der Waals surface area contributed by atoms with E-state index in [4.69, 9.17) is 4.42 Å². The van der Waals surface area contributed by atoms with Crippen molar-refractivity contribution in [3.05, 3.63) is 66.1 Å². The van der Waals surface area contributed by atoms with Gasteiger partial charge >= 0.3 is 0 Å². The molecule has 3 N–H and O–H groups in total. The molecule has 0 aliphatic rings. The topological polar surface area (TPSA) is 117 Å². The van der Waals surface area contributed by atoms with Gasteiger partial charge in [0.25, 0.3) is 5.91 Å². The zero-order chi connectivity index (χ0) is 18.4. The van der Waals surface area contributed by atoms with Crippen LogP contribution in [-0.2, 0) is 11.2 Å². The van der Waals surface area contributed by atoms with Gasteiger partial charge in [0, 0.05) is 24.0 Å². The molecule has 2 amide bonds. The van der Waals surface area contributed by atoms with Crippen LogP contribution in [0.3, 0.4) is 0 Å². The van der Waals surface area contributed by atoms with Gasteiger partial charge in [-0.15, -0.1) is 10.2 Å². The lowest BCUT2D eigenvalue weighted by molar-refractivity contribution is -0.121. The minimum atomic E-state index is -0.529. The number of aryl methyl sites for hydroxylation is 1. The van der Waals surface area contributed by atoms with E-state index in [0.29, 0.717) is 11.8 Å². The molecular weight excluding hydrogens is 336 g/mol. The number of aromatic hydroxyl groups is 1. The van der Waals surface area contributed by atoms with Gasteiger partial charge in [-0.25, -0.2) is 0 Å². The van der Waals surface area contributed by atoms with Gasteiger partial charge in [-0.2, -0.15) is 0 Å². The number of hydrogen-bond acceptors (Lipinski definition) is 6. The molecule has 1 aromatic heterocycles. The molecule has 0 aliphatic heterocycles. The first-order chi connectivity index (χ1) is 12.6. The molecule has 0 saturated carbocycles. The minimum Gasteiger partial charge on any atom is -0.508 e. The Morgan fingerprint density at radius 2 is 1.81 bits per heavy atom. The van der Waals surface area contributed by atoms with E-state index in [1.807, 2.05) is 30.3 Å². The van der Waals surface area contributed by atoms with Crippen molar-refractivity contribution >= 4 is 11.8 Å². The standard InChI is InChI=1S/C18H16N4O4/c23-14-8-4-7-13(11-14)17(25)21-19-15(24)9-10-16-20-22-18(26-16)12-5-2-1-3-6-12/h1-8,11,23H,9-10H2,(H,19,24)(H,21,25). The Balaban J connectivity index is 1.47. The minimum absolute atomic E-state index is 0.0328. The van der Waals surface area contributed by atoms with E-state index in [2.05, 4.69) is 21.0 Å². The number of carbonyl (C=O) groups excluding carboxylic acids is 2. The molecule has 0 spiro atoms. The SMILES string of the molecule is O=C(CCc1nnc(-c2ccccc2)o1)NNC(=O)c1cccc(O)c1. The van der Waals surface area contributed by atoms with Crippen molar-refractivity contribution in [2.75, 3.05) is 0 Å². The Bertz CT molecular complexity index is 908. The van der Waals surface area contributed by atoms with Gasteiger partial charge < -0.3 is 9.52 Å². The van der Waals surface area contributed by atoms with Crippen LogP contribution in [0.15, 0.2) is 59.0 Å². The second-order valence-electron chi connectivity index (χ2n) is 5.42. The number of carbonyl (C=O) groups is 2. The van der Waals surface area contributed by atoms with E-state index in [0.717, 1.165) is 5.56 Å². The summed E-state index contributed by atoms with van der Waals surface area (Å²) in [7, 11) is 0. The molecule has 2 aromatic carbocycles. The molecule has 0 saturated heterocycles. The van der Waals surface area contributed by atoms with Gasteiger partial charge in [-0.1, -0.05) is 24.3 Å². The van der Waals surface area contributed by atoms with Crippen molar-refractivity contribution in [3.63, 3.8) is 0 Å². The van der Waals surface area contributed by atoms with Gasteiger partial charge in [-0.05, 0) is 30.3 Å². The predicted molar refractivity (Wildman–Crippen MR) is 91.8 cm³/mol. The number of hydrazine groups is 1.